The molecule has 0 amide bonds. The molecule has 1 saturated heterocycles. The highest BCUT2D eigenvalue weighted by atomic mass is 16.5. The average molecular weight is 287 g/mol. The molecule has 2 N–H and O–H groups in total. The van der Waals surface area contributed by atoms with E-state index in [0.717, 1.165) is 37.9 Å². The highest BCUT2D eigenvalue weighted by Crippen LogP contribution is 2.42. The van der Waals surface area contributed by atoms with Gasteiger partial charge in [-0.15, -0.1) is 0 Å². The SMILES string of the molecule is NC(CC(=O)C1CCOC2(CCCC2)C1)c1ccccc1. The van der Waals surface area contributed by atoms with E-state index < -0.39 is 0 Å². The van der Waals surface area contributed by atoms with Gasteiger partial charge in [0.25, 0.3) is 0 Å². The Morgan fingerprint density at radius 3 is 2.71 bits per heavy atom. The van der Waals surface area contributed by atoms with Crippen molar-refractivity contribution in [2.75, 3.05) is 6.61 Å². The second kappa shape index (κ2) is 6.29. The number of nitrogens with two attached hydrogens (primary N) is 1. The Kier molecular flexibility index (Phi) is 4.41. The summed E-state index contributed by atoms with van der Waals surface area (Å²) in [5.74, 6) is 0.465. The molecule has 1 aromatic carbocycles. The van der Waals surface area contributed by atoms with Crippen molar-refractivity contribution in [3.8, 4) is 0 Å². The molecule has 1 aliphatic carbocycles. The molecule has 1 aromatic rings. The summed E-state index contributed by atoms with van der Waals surface area (Å²) in [5, 5.41) is 0. The van der Waals surface area contributed by atoms with E-state index in [9.17, 15) is 4.79 Å². The van der Waals surface area contributed by atoms with Crippen LogP contribution in [0.3, 0.4) is 0 Å². The number of rotatable bonds is 4. The Hall–Kier alpha value is -1.19. The largest absolute Gasteiger partial charge is 0.375 e. The lowest BCUT2D eigenvalue weighted by Gasteiger charge is -2.38. The molecule has 21 heavy (non-hydrogen) atoms. The van der Waals surface area contributed by atoms with Crippen LogP contribution in [-0.2, 0) is 9.53 Å². The van der Waals surface area contributed by atoms with Crippen molar-refractivity contribution in [2.24, 2.45) is 11.7 Å². The van der Waals surface area contributed by atoms with Crippen LogP contribution in [-0.4, -0.2) is 18.0 Å². The second-order valence-electron chi connectivity index (χ2n) is 6.62. The Morgan fingerprint density at radius 1 is 1.29 bits per heavy atom. The highest BCUT2D eigenvalue weighted by Gasteiger charge is 2.41. The first-order chi connectivity index (χ1) is 10.2. The molecule has 2 unspecified atom stereocenters. The fourth-order valence-corrected chi connectivity index (χ4v) is 3.87. The lowest BCUT2D eigenvalue weighted by Crippen LogP contribution is -2.40. The number of carbonyl (C=O) groups excluding carboxylic acids is 1. The minimum absolute atomic E-state index is 0.00934. The van der Waals surface area contributed by atoms with E-state index in [4.69, 9.17) is 10.5 Å². The minimum atomic E-state index is -0.180. The van der Waals surface area contributed by atoms with Gasteiger partial charge in [-0.2, -0.15) is 0 Å². The zero-order valence-electron chi connectivity index (χ0n) is 12.6. The Labute approximate surface area is 126 Å². The molecule has 1 heterocycles. The van der Waals surface area contributed by atoms with E-state index >= 15 is 0 Å². The third kappa shape index (κ3) is 3.35. The summed E-state index contributed by atoms with van der Waals surface area (Å²) >= 11 is 0. The first-order valence-corrected chi connectivity index (χ1v) is 8.16. The van der Waals surface area contributed by atoms with E-state index in [0.29, 0.717) is 12.2 Å². The number of ketones is 1. The van der Waals surface area contributed by atoms with Crippen LogP contribution in [0.1, 0.15) is 56.6 Å². The summed E-state index contributed by atoms with van der Waals surface area (Å²) in [6, 6.07) is 9.74. The molecule has 2 aliphatic rings. The van der Waals surface area contributed by atoms with Crippen LogP contribution < -0.4 is 5.73 Å². The molecule has 1 saturated carbocycles. The highest BCUT2D eigenvalue weighted by molar-refractivity contribution is 5.82. The maximum absolute atomic E-state index is 12.6. The van der Waals surface area contributed by atoms with Crippen molar-refractivity contribution in [3.05, 3.63) is 35.9 Å². The smallest absolute Gasteiger partial charge is 0.138 e. The summed E-state index contributed by atoms with van der Waals surface area (Å²) in [5.41, 5.74) is 7.25. The summed E-state index contributed by atoms with van der Waals surface area (Å²) in [4.78, 5) is 12.6. The standard InChI is InChI=1S/C18H25NO2/c19-16(14-6-2-1-3-7-14)12-17(20)15-8-11-21-18(13-15)9-4-5-10-18/h1-3,6-7,15-16H,4-5,8-13,19H2. The zero-order chi connectivity index (χ0) is 14.7. The monoisotopic (exact) mass is 287 g/mol. The summed E-state index contributed by atoms with van der Waals surface area (Å²) in [6.07, 6.45) is 6.96. The number of Topliss-reactive ketones (excluding diaryl/α,β-unsaturated/α-hetero) is 1. The molecule has 0 radical (unpaired) electrons. The van der Waals surface area contributed by atoms with E-state index in [1.165, 1.54) is 12.8 Å². The molecular weight excluding hydrogens is 262 g/mol. The number of hydrogen-bond acceptors (Lipinski definition) is 3. The van der Waals surface area contributed by atoms with Gasteiger partial charge in [0.05, 0.1) is 5.60 Å². The van der Waals surface area contributed by atoms with E-state index in [2.05, 4.69) is 0 Å². The number of carbonyl (C=O) groups is 1. The van der Waals surface area contributed by atoms with Gasteiger partial charge >= 0.3 is 0 Å². The fraction of sp³-hybridized carbons (Fsp3) is 0.611. The Balaban J connectivity index is 1.60. The van der Waals surface area contributed by atoms with Gasteiger partial charge in [0.1, 0.15) is 5.78 Å². The third-order valence-electron chi connectivity index (χ3n) is 5.11. The van der Waals surface area contributed by atoms with Gasteiger partial charge in [0, 0.05) is 25.0 Å². The van der Waals surface area contributed by atoms with Crippen molar-refractivity contribution in [1.82, 2.24) is 0 Å². The van der Waals surface area contributed by atoms with Gasteiger partial charge < -0.3 is 10.5 Å². The van der Waals surface area contributed by atoms with E-state index in [-0.39, 0.29) is 17.6 Å². The van der Waals surface area contributed by atoms with Crippen LogP contribution >= 0.6 is 0 Å². The molecule has 2 atom stereocenters. The van der Waals surface area contributed by atoms with Crippen molar-refractivity contribution >= 4 is 5.78 Å². The number of ether oxygens (including phenoxy) is 1. The minimum Gasteiger partial charge on any atom is -0.375 e. The number of benzene rings is 1. The van der Waals surface area contributed by atoms with Gasteiger partial charge in [-0.25, -0.2) is 0 Å². The van der Waals surface area contributed by atoms with Gasteiger partial charge in [-0.3, -0.25) is 4.79 Å². The Bertz CT molecular complexity index is 479. The molecule has 0 aromatic heterocycles. The van der Waals surface area contributed by atoms with Crippen LogP contribution in [0.4, 0.5) is 0 Å². The van der Waals surface area contributed by atoms with Crippen molar-refractivity contribution in [1.29, 1.82) is 0 Å². The topological polar surface area (TPSA) is 52.3 Å². The number of hydrogen-bond donors (Lipinski definition) is 1. The van der Waals surface area contributed by atoms with E-state index in [1.54, 1.807) is 0 Å². The van der Waals surface area contributed by atoms with Gasteiger partial charge in [-0.1, -0.05) is 43.2 Å². The molecule has 3 nitrogen and oxygen atoms in total. The van der Waals surface area contributed by atoms with Crippen LogP contribution in [0.2, 0.25) is 0 Å². The van der Waals surface area contributed by atoms with Crippen molar-refractivity contribution < 1.29 is 9.53 Å². The molecule has 114 valence electrons. The zero-order valence-corrected chi connectivity index (χ0v) is 12.6. The second-order valence-corrected chi connectivity index (χ2v) is 6.62. The molecular formula is C18H25NO2. The van der Waals surface area contributed by atoms with Crippen LogP contribution in [0, 0.1) is 5.92 Å². The van der Waals surface area contributed by atoms with Crippen LogP contribution in [0.25, 0.3) is 0 Å². The molecule has 3 heteroatoms. The average Bonchev–Trinajstić information content (AvgIpc) is 2.96. The van der Waals surface area contributed by atoms with Crippen molar-refractivity contribution in [3.63, 3.8) is 0 Å². The maximum atomic E-state index is 12.6. The summed E-state index contributed by atoms with van der Waals surface area (Å²) in [7, 11) is 0. The van der Waals surface area contributed by atoms with Crippen LogP contribution in [0.15, 0.2) is 30.3 Å². The normalized spacial score (nSPS) is 25.9. The molecule has 2 fully saturated rings. The first kappa shape index (κ1) is 14.7. The van der Waals surface area contributed by atoms with Gasteiger partial charge in [0.2, 0.25) is 0 Å². The molecule has 3 rings (SSSR count). The molecule has 0 bridgehead atoms. The summed E-state index contributed by atoms with van der Waals surface area (Å²) < 4.78 is 6.01. The molecule has 1 spiro atoms. The summed E-state index contributed by atoms with van der Waals surface area (Å²) in [6.45, 7) is 0.733. The van der Waals surface area contributed by atoms with E-state index in [1.807, 2.05) is 30.3 Å². The third-order valence-corrected chi connectivity index (χ3v) is 5.11. The Morgan fingerprint density at radius 2 is 2.00 bits per heavy atom. The lowest BCUT2D eigenvalue weighted by atomic mass is 9.80. The predicted octanol–water partition coefficient (Wildman–Crippen LogP) is 3.39. The maximum Gasteiger partial charge on any atom is 0.138 e. The van der Waals surface area contributed by atoms with Crippen LogP contribution in [0.5, 0.6) is 0 Å². The van der Waals surface area contributed by atoms with Gasteiger partial charge in [0.15, 0.2) is 0 Å². The van der Waals surface area contributed by atoms with Crippen molar-refractivity contribution in [2.45, 2.75) is 56.6 Å². The fourth-order valence-electron chi connectivity index (χ4n) is 3.87. The lowest BCUT2D eigenvalue weighted by molar-refractivity contribution is -0.136. The predicted molar refractivity (Wildman–Crippen MR) is 82.9 cm³/mol. The van der Waals surface area contributed by atoms with Gasteiger partial charge in [-0.05, 0) is 31.2 Å². The quantitative estimate of drug-likeness (QED) is 0.923. The first-order valence-electron chi connectivity index (χ1n) is 8.16. The molecule has 1 aliphatic heterocycles.